The van der Waals surface area contributed by atoms with Gasteiger partial charge in [0, 0.05) is 22.4 Å². The summed E-state index contributed by atoms with van der Waals surface area (Å²) in [5.41, 5.74) is 2.00. The number of carbonyl (C=O) groups excluding carboxylic acids is 1. The Morgan fingerprint density at radius 3 is 2.37 bits per heavy atom. The minimum atomic E-state index is -4.36. The van der Waals surface area contributed by atoms with E-state index in [0.29, 0.717) is 23.6 Å². The topological polar surface area (TPSA) is 127 Å². The highest BCUT2D eigenvalue weighted by Gasteiger charge is 2.27. The summed E-state index contributed by atoms with van der Waals surface area (Å²) >= 11 is 1.43. The minimum absolute atomic E-state index is 0.120. The third-order valence-corrected chi connectivity index (χ3v) is 6.58. The fraction of sp³-hybridized carbons (Fsp3) is 0.333. The summed E-state index contributed by atoms with van der Waals surface area (Å²) in [6, 6.07) is 11.6. The number of hydrogen-bond donors (Lipinski definition) is 3. The second-order valence-electron chi connectivity index (χ2n) is 8.89. The zero-order valence-electron chi connectivity index (χ0n) is 20.2. The molecule has 1 heterocycles. The number of hydrogen-bond acceptors (Lipinski definition) is 7. The smallest absolute Gasteiger partial charge is 0.357 e. The molecule has 3 N–H and O–H groups in total. The van der Waals surface area contributed by atoms with Gasteiger partial charge in [-0.2, -0.15) is 8.42 Å². The molecule has 1 atom stereocenters. The average Bonchev–Trinajstić information content (AvgIpc) is 3.27. The van der Waals surface area contributed by atoms with Crippen LogP contribution in [-0.2, 0) is 21.5 Å². The Morgan fingerprint density at radius 2 is 1.80 bits per heavy atom. The molecular weight excluding hydrogens is 490 g/mol. The number of nitrogens with zero attached hydrogens (tertiary/aromatic N) is 1. The van der Waals surface area contributed by atoms with Crippen LogP contribution >= 0.6 is 11.3 Å². The Hall–Kier alpha value is -3.15. The Morgan fingerprint density at radius 1 is 1.11 bits per heavy atom. The molecular formula is C24H29N3O6S2. The van der Waals surface area contributed by atoms with Crippen molar-refractivity contribution in [2.75, 3.05) is 18.9 Å². The highest BCUT2D eigenvalue weighted by Crippen LogP contribution is 2.35. The van der Waals surface area contributed by atoms with Gasteiger partial charge in [-0.1, -0.05) is 32.9 Å². The van der Waals surface area contributed by atoms with E-state index in [9.17, 15) is 13.2 Å². The van der Waals surface area contributed by atoms with Crippen molar-refractivity contribution >= 4 is 33.2 Å². The van der Waals surface area contributed by atoms with Crippen LogP contribution in [-0.4, -0.2) is 38.1 Å². The molecule has 0 saturated carbocycles. The molecule has 35 heavy (non-hydrogen) atoms. The lowest BCUT2D eigenvalue weighted by Crippen LogP contribution is -2.38. The lowest BCUT2D eigenvalue weighted by molar-refractivity contribution is -0.129. The maximum Gasteiger partial charge on any atom is 0.357 e. The van der Waals surface area contributed by atoms with Crippen molar-refractivity contribution < 1.29 is 27.2 Å². The van der Waals surface area contributed by atoms with Crippen molar-refractivity contribution in [3.63, 3.8) is 0 Å². The number of nitrogens with one attached hydrogen (secondary N) is 2. The van der Waals surface area contributed by atoms with Crippen molar-refractivity contribution in [1.82, 2.24) is 10.3 Å². The van der Waals surface area contributed by atoms with Crippen molar-refractivity contribution in [3.05, 3.63) is 58.4 Å². The van der Waals surface area contributed by atoms with Gasteiger partial charge in [-0.15, -0.1) is 11.3 Å². The number of aromatic nitrogens is 1. The molecule has 0 aliphatic heterocycles. The van der Waals surface area contributed by atoms with Gasteiger partial charge in [-0.25, -0.2) is 4.98 Å². The molecule has 3 aromatic rings. The number of thiazole rings is 1. The van der Waals surface area contributed by atoms with Crippen molar-refractivity contribution in [2.45, 2.75) is 33.2 Å². The average molecular weight is 520 g/mol. The highest BCUT2D eigenvalue weighted by atomic mass is 32.2. The van der Waals surface area contributed by atoms with Crippen LogP contribution < -0.4 is 19.5 Å². The molecule has 9 nitrogen and oxygen atoms in total. The van der Waals surface area contributed by atoms with E-state index in [1.807, 2.05) is 43.0 Å². The number of ether oxygens (including phenoxy) is 2. The zero-order valence-corrected chi connectivity index (χ0v) is 21.8. The molecule has 0 saturated heterocycles. The van der Waals surface area contributed by atoms with E-state index >= 15 is 0 Å². The number of amides is 1. The quantitative estimate of drug-likeness (QED) is 0.356. The third-order valence-electron chi connectivity index (χ3n) is 5.13. The molecule has 0 aliphatic rings. The van der Waals surface area contributed by atoms with E-state index in [0.717, 1.165) is 16.1 Å². The van der Waals surface area contributed by atoms with Crippen LogP contribution in [0.15, 0.2) is 47.8 Å². The summed E-state index contributed by atoms with van der Waals surface area (Å²) in [5, 5.41) is 5.72. The lowest BCUT2D eigenvalue weighted by Gasteiger charge is -2.23. The van der Waals surface area contributed by atoms with Crippen LogP contribution in [0.1, 0.15) is 37.4 Å². The molecule has 0 spiro atoms. The summed E-state index contributed by atoms with van der Waals surface area (Å²) in [6.07, 6.45) is 0.431. The molecule has 1 aromatic heterocycles. The van der Waals surface area contributed by atoms with Gasteiger partial charge in [0.1, 0.15) is 16.5 Å². The van der Waals surface area contributed by atoms with Crippen molar-refractivity contribution in [2.24, 2.45) is 5.41 Å². The van der Waals surface area contributed by atoms with Crippen molar-refractivity contribution in [3.8, 4) is 22.8 Å². The Labute approximate surface area is 209 Å². The number of benzene rings is 2. The second-order valence-corrected chi connectivity index (χ2v) is 10.9. The van der Waals surface area contributed by atoms with Gasteiger partial charge >= 0.3 is 10.3 Å². The lowest BCUT2D eigenvalue weighted by atomic mass is 9.94. The van der Waals surface area contributed by atoms with Gasteiger partial charge in [0.2, 0.25) is 5.91 Å². The van der Waals surface area contributed by atoms with Gasteiger partial charge < -0.3 is 14.8 Å². The molecule has 0 bridgehead atoms. The first kappa shape index (κ1) is 26.5. The van der Waals surface area contributed by atoms with Crippen LogP contribution in [0, 0.1) is 5.41 Å². The predicted molar refractivity (Wildman–Crippen MR) is 136 cm³/mol. The first-order valence-corrected chi connectivity index (χ1v) is 13.0. The Kier molecular flexibility index (Phi) is 8.04. The van der Waals surface area contributed by atoms with E-state index in [4.69, 9.17) is 19.0 Å². The predicted octanol–water partition coefficient (Wildman–Crippen LogP) is 4.49. The Bertz CT molecular complexity index is 1280. The van der Waals surface area contributed by atoms with Gasteiger partial charge in [0.25, 0.3) is 0 Å². The van der Waals surface area contributed by atoms with Crippen LogP contribution in [0.3, 0.4) is 0 Å². The number of anilines is 1. The van der Waals surface area contributed by atoms with E-state index in [1.54, 1.807) is 44.6 Å². The molecule has 1 amide bonds. The minimum Gasteiger partial charge on any atom is -0.497 e. The molecule has 3 rings (SSSR count). The summed E-state index contributed by atoms with van der Waals surface area (Å²) in [7, 11) is -1.19. The summed E-state index contributed by atoms with van der Waals surface area (Å²) < 4.78 is 43.8. The standard InChI is InChI=1S/C24H29N3O6S2/c1-24(2,3)23(28)26-19(12-15-6-8-16(9-7-15)27-35(29,30)31)22-25-20(14-34-22)18-11-10-17(32-4)13-21(18)33-5/h6-11,13-14,19,27H,12H2,1-5H3,(H,26,28)(H,29,30,31). The van der Waals surface area contributed by atoms with Gasteiger partial charge in [0.05, 0.1) is 31.6 Å². The largest absolute Gasteiger partial charge is 0.497 e. The molecule has 1 unspecified atom stereocenters. The van der Waals surface area contributed by atoms with Gasteiger partial charge in [-0.3, -0.25) is 14.1 Å². The van der Waals surface area contributed by atoms with E-state index in [2.05, 4.69) is 5.32 Å². The van der Waals surface area contributed by atoms with Crippen LogP contribution in [0.5, 0.6) is 11.5 Å². The van der Waals surface area contributed by atoms with Gasteiger partial charge in [0.15, 0.2) is 0 Å². The summed E-state index contributed by atoms with van der Waals surface area (Å²) in [4.78, 5) is 17.6. The molecule has 2 aromatic carbocycles. The van der Waals surface area contributed by atoms with Crippen LogP contribution in [0.2, 0.25) is 0 Å². The zero-order chi connectivity index (χ0) is 25.8. The normalized spacial score (nSPS) is 12.6. The molecule has 11 heteroatoms. The fourth-order valence-corrected chi connectivity index (χ4v) is 4.55. The molecule has 188 valence electrons. The van der Waals surface area contributed by atoms with E-state index in [1.165, 1.54) is 11.3 Å². The van der Waals surface area contributed by atoms with E-state index in [-0.39, 0.29) is 11.6 Å². The number of methoxy groups -OCH3 is 2. The first-order valence-electron chi connectivity index (χ1n) is 10.7. The maximum absolute atomic E-state index is 12.8. The number of rotatable bonds is 9. The highest BCUT2D eigenvalue weighted by molar-refractivity contribution is 7.87. The maximum atomic E-state index is 12.8. The van der Waals surface area contributed by atoms with Crippen LogP contribution in [0.25, 0.3) is 11.3 Å². The van der Waals surface area contributed by atoms with Gasteiger partial charge in [-0.05, 0) is 36.2 Å². The summed E-state index contributed by atoms with van der Waals surface area (Å²) in [5.74, 6) is 1.17. The number of carbonyl (C=O) groups is 1. The molecule has 0 fully saturated rings. The van der Waals surface area contributed by atoms with Crippen LogP contribution in [0.4, 0.5) is 5.69 Å². The SMILES string of the molecule is COc1ccc(-c2csc(C(Cc3ccc(NS(=O)(=O)O)cc3)NC(=O)C(C)(C)C)n2)c(OC)c1. The van der Waals surface area contributed by atoms with Crippen molar-refractivity contribution in [1.29, 1.82) is 0 Å². The molecule has 0 aliphatic carbocycles. The second kappa shape index (κ2) is 10.6. The Balaban J connectivity index is 1.91. The van der Waals surface area contributed by atoms with E-state index < -0.39 is 21.8 Å². The monoisotopic (exact) mass is 519 g/mol. The molecule has 0 radical (unpaired) electrons. The summed E-state index contributed by atoms with van der Waals surface area (Å²) in [6.45, 7) is 5.51. The first-order chi connectivity index (χ1) is 16.4. The fourth-order valence-electron chi connectivity index (χ4n) is 3.25. The third kappa shape index (κ3) is 7.17.